The maximum atomic E-state index is 11.5. The van der Waals surface area contributed by atoms with Crippen LogP contribution in [0.25, 0.3) is 17.4 Å². The van der Waals surface area contributed by atoms with Gasteiger partial charge in [0, 0.05) is 12.1 Å². The SMILES string of the molecule is Cc1ccc(-c2ccc(/C=C3\SC(=O)NC3=O)o2)c([N+](=O)[O-])c1. The monoisotopic (exact) mass is 330 g/mol. The number of carbonyl (C=O) groups excluding carboxylic acids is 2. The molecule has 1 aromatic carbocycles. The minimum Gasteiger partial charge on any atom is -0.456 e. The average molecular weight is 330 g/mol. The van der Waals surface area contributed by atoms with Gasteiger partial charge in [-0.1, -0.05) is 6.07 Å². The number of hydrogen-bond acceptors (Lipinski definition) is 6. The van der Waals surface area contributed by atoms with Crippen LogP contribution in [-0.2, 0) is 4.79 Å². The van der Waals surface area contributed by atoms with E-state index in [0.717, 1.165) is 17.3 Å². The van der Waals surface area contributed by atoms with E-state index in [-0.39, 0.29) is 10.6 Å². The lowest BCUT2D eigenvalue weighted by atomic mass is 10.1. The van der Waals surface area contributed by atoms with Crippen molar-refractivity contribution in [1.82, 2.24) is 5.32 Å². The number of furan rings is 1. The molecule has 2 amide bonds. The molecule has 1 N–H and O–H groups in total. The normalized spacial score (nSPS) is 16.0. The Labute approximate surface area is 134 Å². The lowest BCUT2D eigenvalue weighted by Crippen LogP contribution is -2.17. The van der Waals surface area contributed by atoms with Gasteiger partial charge in [-0.25, -0.2) is 0 Å². The van der Waals surface area contributed by atoms with Gasteiger partial charge >= 0.3 is 0 Å². The van der Waals surface area contributed by atoms with Crippen LogP contribution in [0.1, 0.15) is 11.3 Å². The van der Waals surface area contributed by atoms with Crippen molar-refractivity contribution >= 4 is 34.7 Å². The molecule has 0 unspecified atom stereocenters. The number of benzene rings is 1. The number of nitro benzene ring substituents is 1. The third-order valence-corrected chi connectivity index (χ3v) is 3.97. The maximum absolute atomic E-state index is 11.5. The van der Waals surface area contributed by atoms with Crippen molar-refractivity contribution in [3.8, 4) is 11.3 Å². The zero-order valence-corrected chi connectivity index (χ0v) is 12.7. The molecule has 3 rings (SSSR count). The van der Waals surface area contributed by atoms with E-state index in [4.69, 9.17) is 4.42 Å². The Hall–Kier alpha value is -2.87. The van der Waals surface area contributed by atoms with Gasteiger partial charge in [0.05, 0.1) is 15.4 Å². The highest BCUT2D eigenvalue weighted by Gasteiger charge is 2.25. The van der Waals surface area contributed by atoms with E-state index in [1.165, 1.54) is 12.1 Å². The van der Waals surface area contributed by atoms with Gasteiger partial charge in [-0.2, -0.15) is 0 Å². The molecule has 1 fully saturated rings. The first-order valence-electron chi connectivity index (χ1n) is 6.54. The van der Waals surface area contributed by atoms with Crippen molar-refractivity contribution in [2.75, 3.05) is 0 Å². The second kappa shape index (κ2) is 5.73. The summed E-state index contributed by atoms with van der Waals surface area (Å²) in [5, 5.41) is 12.9. The molecule has 0 radical (unpaired) electrons. The standard InChI is InChI=1S/C15H10N2O5S/c1-8-2-4-10(11(6-8)17(20)21)12-5-3-9(22-12)7-13-14(18)16-15(19)23-13/h2-7H,1H3,(H,16,18,19)/b13-7-. The predicted molar refractivity (Wildman–Crippen MR) is 84.6 cm³/mol. The zero-order chi connectivity index (χ0) is 16.6. The first-order valence-corrected chi connectivity index (χ1v) is 7.36. The molecule has 1 aliphatic heterocycles. The Bertz CT molecular complexity index is 869. The zero-order valence-electron chi connectivity index (χ0n) is 11.9. The first kappa shape index (κ1) is 15.0. The molecule has 23 heavy (non-hydrogen) atoms. The maximum Gasteiger partial charge on any atom is 0.290 e. The van der Waals surface area contributed by atoms with E-state index in [1.54, 1.807) is 31.2 Å². The number of nitrogens with zero attached hydrogens (tertiary/aromatic N) is 1. The Morgan fingerprint density at radius 1 is 1.26 bits per heavy atom. The molecule has 116 valence electrons. The van der Waals surface area contributed by atoms with Gasteiger partial charge in [-0.3, -0.25) is 25.0 Å². The Morgan fingerprint density at radius 3 is 2.70 bits per heavy atom. The summed E-state index contributed by atoms with van der Waals surface area (Å²) in [6.45, 7) is 1.77. The number of carbonyl (C=O) groups is 2. The van der Waals surface area contributed by atoms with Crippen molar-refractivity contribution in [3.05, 3.63) is 56.7 Å². The van der Waals surface area contributed by atoms with Crippen molar-refractivity contribution in [2.45, 2.75) is 6.92 Å². The number of aryl methyl sites for hydroxylation is 1. The van der Waals surface area contributed by atoms with E-state index in [9.17, 15) is 19.7 Å². The fourth-order valence-corrected chi connectivity index (χ4v) is 2.79. The molecular formula is C15H10N2O5S. The van der Waals surface area contributed by atoms with Crippen molar-refractivity contribution in [1.29, 1.82) is 0 Å². The van der Waals surface area contributed by atoms with Crippen LogP contribution in [0.3, 0.4) is 0 Å². The smallest absolute Gasteiger partial charge is 0.290 e. The topological polar surface area (TPSA) is 102 Å². The van der Waals surface area contributed by atoms with Gasteiger partial charge < -0.3 is 4.42 Å². The number of imide groups is 1. The predicted octanol–water partition coefficient (Wildman–Crippen LogP) is 3.49. The Kier molecular flexibility index (Phi) is 3.75. The summed E-state index contributed by atoms with van der Waals surface area (Å²) in [7, 11) is 0. The van der Waals surface area contributed by atoms with Crippen LogP contribution in [0.2, 0.25) is 0 Å². The second-order valence-electron chi connectivity index (χ2n) is 4.83. The van der Waals surface area contributed by atoms with Crippen LogP contribution in [0, 0.1) is 17.0 Å². The molecular weight excluding hydrogens is 320 g/mol. The molecule has 8 heteroatoms. The summed E-state index contributed by atoms with van der Waals surface area (Å²) in [5.74, 6) is 0.166. The van der Waals surface area contributed by atoms with Crippen molar-refractivity contribution < 1.29 is 18.9 Å². The highest BCUT2D eigenvalue weighted by molar-refractivity contribution is 8.18. The molecule has 7 nitrogen and oxygen atoms in total. The third-order valence-electron chi connectivity index (χ3n) is 3.16. The number of rotatable bonds is 3. The fourth-order valence-electron chi connectivity index (χ4n) is 2.13. The summed E-state index contributed by atoms with van der Waals surface area (Å²) < 4.78 is 5.56. The number of thioether (sulfide) groups is 1. The average Bonchev–Trinajstić information content (AvgIpc) is 3.06. The molecule has 1 saturated heterocycles. The van der Waals surface area contributed by atoms with Crippen LogP contribution < -0.4 is 5.32 Å². The van der Waals surface area contributed by atoms with Gasteiger partial charge in [-0.05, 0) is 42.4 Å². The lowest BCUT2D eigenvalue weighted by molar-refractivity contribution is -0.384. The molecule has 2 heterocycles. The molecule has 0 saturated carbocycles. The van der Waals surface area contributed by atoms with Gasteiger partial charge in [0.2, 0.25) is 0 Å². The first-order chi connectivity index (χ1) is 10.9. The quantitative estimate of drug-likeness (QED) is 0.525. The van der Waals surface area contributed by atoms with Crippen LogP contribution in [0.5, 0.6) is 0 Å². The van der Waals surface area contributed by atoms with E-state index in [2.05, 4.69) is 5.32 Å². The minimum absolute atomic E-state index is 0.0540. The second-order valence-corrected chi connectivity index (χ2v) is 5.85. The van der Waals surface area contributed by atoms with Crippen LogP contribution in [0.15, 0.2) is 39.7 Å². The van der Waals surface area contributed by atoms with E-state index in [0.29, 0.717) is 17.1 Å². The van der Waals surface area contributed by atoms with Crippen LogP contribution in [-0.4, -0.2) is 16.1 Å². The van der Waals surface area contributed by atoms with E-state index >= 15 is 0 Å². The van der Waals surface area contributed by atoms with Gasteiger partial charge in [-0.15, -0.1) is 0 Å². The summed E-state index contributed by atoms with van der Waals surface area (Å²) in [6, 6.07) is 8.01. The summed E-state index contributed by atoms with van der Waals surface area (Å²) in [6.07, 6.45) is 1.43. The van der Waals surface area contributed by atoms with E-state index in [1.807, 2.05) is 0 Å². The van der Waals surface area contributed by atoms with Crippen LogP contribution in [0.4, 0.5) is 10.5 Å². The number of hydrogen-bond donors (Lipinski definition) is 1. The van der Waals surface area contributed by atoms with Gasteiger partial charge in [0.1, 0.15) is 11.5 Å². The highest BCUT2D eigenvalue weighted by Crippen LogP contribution is 2.33. The fraction of sp³-hybridized carbons (Fsp3) is 0.0667. The lowest BCUT2D eigenvalue weighted by Gasteiger charge is -2.01. The molecule has 1 aliphatic rings. The Balaban J connectivity index is 1.97. The molecule has 2 aromatic rings. The number of nitro groups is 1. The summed E-state index contributed by atoms with van der Waals surface area (Å²) in [4.78, 5) is 33.5. The number of amides is 2. The van der Waals surface area contributed by atoms with Gasteiger partial charge in [0.25, 0.3) is 16.8 Å². The molecule has 0 atom stereocenters. The van der Waals surface area contributed by atoms with Crippen LogP contribution >= 0.6 is 11.8 Å². The molecule has 1 aromatic heterocycles. The summed E-state index contributed by atoms with van der Waals surface area (Å²) in [5.41, 5.74) is 1.07. The largest absolute Gasteiger partial charge is 0.456 e. The Morgan fingerprint density at radius 2 is 2.04 bits per heavy atom. The molecule has 0 bridgehead atoms. The molecule has 0 aliphatic carbocycles. The van der Waals surface area contributed by atoms with Crippen molar-refractivity contribution in [3.63, 3.8) is 0 Å². The summed E-state index contributed by atoms with van der Waals surface area (Å²) >= 11 is 0.777. The van der Waals surface area contributed by atoms with Gasteiger partial charge in [0.15, 0.2) is 0 Å². The van der Waals surface area contributed by atoms with E-state index < -0.39 is 16.1 Å². The number of nitrogens with one attached hydrogen (secondary N) is 1. The third kappa shape index (κ3) is 3.02. The van der Waals surface area contributed by atoms with Crippen molar-refractivity contribution in [2.24, 2.45) is 0 Å². The molecule has 0 spiro atoms. The highest BCUT2D eigenvalue weighted by atomic mass is 32.2. The minimum atomic E-state index is -0.487.